The number of hydrogen-bond acceptors (Lipinski definition) is 1. The third-order valence-corrected chi connectivity index (χ3v) is 4.29. The van der Waals surface area contributed by atoms with Gasteiger partial charge in [-0.15, -0.1) is 9.39 Å². The molecule has 0 aliphatic carbocycles. The quantitative estimate of drug-likeness (QED) is 0.601. The predicted octanol–water partition coefficient (Wildman–Crippen LogP) is 2.04. The first-order valence-electron chi connectivity index (χ1n) is 3.94. The monoisotopic (exact) mass is 179 g/mol. The summed E-state index contributed by atoms with van der Waals surface area (Å²) < 4.78 is 3.36. The standard InChI is InChI=1S/C10H13NS/c1-8-5-4-6-9-7-11-12(2,3)10(8)9/h4-6,11H,2-3,7H2,1H3. The molecule has 1 heterocycles. The van der Waals surface area contributed by atoms with Crippen LogP contribution in [0, 0.1) is 6.92 Å². The minimum Gasteiger partial charge on any atom is -0.267 e. The van der Waals surface area contributed by atoms with Crippen LogP contribution in [0.1, 0.15) is 11.1 Å². The van der Waals surface area contributed by atoms with Crippen molar-refractivity contribution in [1.82, 2.24) is 4.72 Å². The van der Waals surface area contributed by atoms with Gasteiger partial charge in [0.05, 0.1) is 0 Å². The molecular formula is C10H13NS. The van der Waals surface area contributed by atoms with E-state index in [1.807, 2.05) is 0 Å². The van der Waals surface area contributed by atoms with Crippen molar-refractivity contribution in [3.05, 3.63) is 29.3 Å². The molecule has 0 saturated carbocycles. The van der Waals surface area contributed by atoms with Crippen molar-refractivity contribution >= 4 is 21.1 Å². The van der Waals surface area contributed by atoms with Crippen LogP contribution in [0.4, 0.5) is 0 Å². The SMILES string of the molecule is C=S1(=C)NCc2cccc(C)c21. The van der Waals surface area contributed by atoms with E-state index in [1.165, 1.54) is 16.0 Å². The predicted molar refractivity (Wildman–Crippen MR) is 58.1 cm³/mol. The average Bonchev–Trinajstić information content (AvgIpc) is 2.29. The van der Waals surface area contributed by atoms with Crippen LogP contribution in [0.3, 0.4) is 0 Å². The number of nitrogens with one attached hydrogen (secondary N) is 1. The first-order valence-corrected chi connectivity index (χ1v) is 5.91. The van der Waals surface area contributed by atoms with E-state index in [1.54, 1.807) is 0 Å². The normalized spacial score (nSPS) is 19.1. The van der Waals surface area contributed by atoms with Crippen LogP contribution in [-0.2, 0) is 6.54 Å². The van der Waals surface area contributed by atoms with Crippen molar-refractivity contribution in [2.45, 2.75) is 18.4 Å². The third-order valence-electron chi connectivity index (χ3n) is 2.22. The van der Waals surface area contributed by atoms with Crippen LogP contribution < -0.4 is 4.72 Å². The Morgan fingerprint density at radius 3 is 2.83 bits per heavy atom. The maximum atomic E-state index is 4.13. The molecule has 0 spiro atoms. The van der Waals surface area contributed by atoms with Gasteiger partial charge in [0.15, 0.2) is 0 Å². The minimum absolute atomic E-state index is 0.930. The van der Waals surface area contributed by atoms with Crippen LogP contribution in [-0.4, -0.2) is 11.7 Å². The molecule has 1 N–H and O–H groups in total. The van der Waals surface area contributed by atoms with Crippen LogP contribution in [0.25, 0.3) is 0 Å². The first kappa shape index (κ1) is 7.90. The van der Waals surface area contributed by atoms with E-state index >= 15 is 0 Å². The highest BCUT2D eigenvalue weighted by Gasteiger charge is 2.16. The van der Waals surface area contributed by atoms with E-state index in [2.05, 4.69) is 41.6 Å². The van der Waals surface area contributed by atoms with E-state index in [9.17, 15) is 0 Å². The van der Waals surface area contributed by atoms with Gasteiger partial charge in [0.25, 0.3) is 0 Å². The Labute approximate surface area is 74.0 Å². The molecule has 64 valence electrons. The van der Waals surface area contributed by atoms with Crippen molar-refractivity contribution in [2.24, 2.45) is 0 Å². The smallest absolute Gasteiger partial charge is 0.0314 e. The molecule has 1 aliphatic rings. The summed E-state index contributed by atoms with van der Waals surface area (Å²) in [5.41, 5.74) is 2.69. The second-order valence-corrected chi connectivity index (χ2v) is 5.73. The summed E-state index contributed by atoms with van der Waals surface area (Å²) in [6.07, 6.45) is 0. The maximum Gasteiger partial charge on any atom is 0.0314 e. The molecule has 1 aliphatic heterocycles. The van der Waals surface area contributed by atoms with Gasteiger partial charge in [0.1, 0.15) is 0 Å². The second kappa shape index (κ2) is 2.38. The Morgan fingerprint density at radius 2 is 2.17 bits per heavy atom. The summed E-state index contributed by atoms with van der Waals surface area (Å²) in [6.45, 7) is 3.06. The van der Waals surface area contributed by atoms with Crippen molar-refractivity contribution in [1.29, 1.82) is 0 Å². The third kappa shape index (κ3) is 0.993. The lowest BCUT2D eigenvalue weighted by Crippen LogP contribution is -1.97. The molecular weight excluding hydrogens is 166 g/mol. The highest BCUT2D eigenvalue weighted by atomic mass is 32.2. The fraction of sp³-hybridized carbons (Fsp3) is 0.200. The van der Waals surface area contributed by atoms with Gasteiger partial charge in [0.2, 0.25) is 0 Å². The molecule has 1 aromatic rings. The zero-order valence-corrected chi connectivity index (χ0v) is 8.08. The van der Waals surface area contributed by atoms with E-state index in [0.717, 1.165) is 6.54 Å². The number of aryl methyl sites for hydroxylation is 1. The van der Waals surface area contributed by atoms with Crippen molar-refractivity contribution in [3.8, 4) is 0 Å². The highest BCUT2D eigenvalue weighted by Crippen LogP contribution is 2.39. The van der Waals surface area contributed by atoms with Crippen LogP contribution in [0.5, 0.6) is 0 Å². The zero-order valence-electron chi connectivity index (χ0n) is 7.26. The fourth-order valence-corrected chi connectivity index (χ4v) is 3.60. The van der Waals surface area contributed by atoms with Gasteiger partial charge in [-0.05, 0) is 18.1 Å². The van der Waals surface area contributed by atoms with E-state index in [4.69, 9.17) is 0 Å². The van der Waals surface area contributed by atoms with Crippen LogP contribution >= 0.6 is 9.39 Å². The van der Waals surface area contributed by atoms with E-state index < -0.39 is 9.39 Å². The van der Waals surface area contributed by atoms with Gasteiger partial charge in [-0.1, -0.05) is 29.9 Å². The average molecular weight is 179 g/mol. The van der Waals surface area contributed by atoms with E-state index in [0.29, 0.717) is 0 Å². The fourth-order valence-electron chi connectivity index (χ4n) is 1.70. The lowest BCUT2D eigenvalue weighted by Gasteiger charge is -2.10. The van der Waals surface area contributed by atoms with Crippen molar-refractivity contribution in [2.75, 3.05) is 0 Å². The molecule has 0 bridgehead atoms. The molecule has 12 heavy (non-hydrogen) atoms. The Kier molecular flexibility index (Phi) is 1.56. The lowest BCUT2D eigenvalue weighted by atomic mass is 10.1. The Hall–Kier alpha value is -0.730. The Bertz CT molecular complexity index is 415. The molecule has 0 radical (unpaired) electrons. The molecule has 0 aromatic heterocycles. The molecule has 2 rings (SSSR count). The van der Waals surface area contributed by atoms with Crippen LogP contribution in [0.2, 0.25) is 0 Å². The molecule has 1 nitrogen and oxygen atoms in total. The molecule has 0 fully saturated rings. The molecule has 0 amide bonds. The topological polar surface area (TPSA) is 12.0 Å². The summed E-state index contributed by atoms with van der Waals surface area (Å²) in [7, 11) is -1.19. The van der Waals surface area contributed by atoms with Gasteiger partial charge in [-0.3, -0.25) is 4.72 Å². The Balaban J connectivity index is 2.81. The highest BCUT2D eigenvalue weighted by molar-refractivity contribution is 8.26. The summed E-state index contributed by atoms with van der Waals surface area (Å²) in [4.78, 5) is 1.35. The first-order chi connectivity index (χ1) is 5.61. The van der Waals surface area contributed by atoms with Crippen molar-refractivity contribution < 1.29 is 0 Å². The lowest BCUT2D eigenvalue weighted by molar-refractivity contribution is 0.989. The Morgan fingerprint density at radius 1 is 1.42 bits per heavy atom. The summed E-state index contributed by atoms with van der Waals surface area (Å²) >= 11 is 0. The number of benzene rings is 1. The number of fused-ring (bicyclic) bond motifs is 1. The minimum atomic E-state index is -1.19. The zero-order chi connectivity index (χ0) is 8.77. The maximum absolute atomic E-state index is 4.13. The molecule has 0 saturated heterocycles. The summed E-state index contributed by atoms with van der Waals surface area (Å²) in [6, 6.07) is 6.38. The molecule has 1 aromatic carbocycles. The summed E-state index contributed by atoms with van der Waals surface area (Å²) in [5, 5.41) is 0. The molecule has 0 atom stereocenters. The van der Waals surface area contributed by atoms with Gasteiger partial charge in [-0.25, -0.2) is 0 Å². The number of rotatable bonds is 0. The molecule has 0 unspecified atom stereocenters. The van der Waals surface area contributed by atoms with Crippen LogP contribution in [0.15, 0.2) is 23.1 Å². The number of hydrogen-bond donors (Lipinski definition) is 1. The van der Waals surface area contributed by atoms with Crippen molar-refractivity contribution in [3.63, 3.8) is 0 Å². The van der Waals surface area contributed by atoms with Gasteiger partial charge < -0.3 is 0 Å². The van der Waals surface area contributed by atoms with Gasteiger partial charge in [-0.2, -0.15) is 0 Å². The van der Waals surface area contributed by atoms with Gasteiger partial charge >= 0.3 is 0 Å². The van der Waals surface area contributed by atoms with Gasteiger partial charge in [0, 0.05) is 11.4 Å². The summed E-state index contributed by atoms with van der Waals surface area (Å²) in [5.74, 6) is 8.27. The largest absolute Gasteiger partial charge is 0.267 e. The van der Waals surface area contributed by atoms with E-state index in [-0.39, 0.29) is 0 Å². The second-order valence-electron chi connectivity index (χ2n) is 3.27. The molecule has 2 heteroatoms.